The van der Waals surface area contributed by atoms with E-state index in [0.29, 0.717) is 18.2 Å². The zero-order valence-electron chi connectivity index (χ0n) is 17.7. The van der Waals surface area contributed by atoms with Crippen molar-refractivity contribution in [2.45, 2.75) is 22.6 Å². The molecule has 10 heteroatoms. The van der Waals surface area contributed by atoms with Crippen LogP contribution in [0.15, 0.2) is 58.6 Å². The van der Waals surface area contributed by atoms with Gasteiger partial charge < -0.3 is 10.1 Å². The van der Waals surface area contributed by atoms with E-state index in [9.17, 15) is 13.2 Å². The summed E-state index contributed by atoms with van der Waals surface area (Å²) in [7, 11) is -0.563. The number of amides is 1. The predicted molar refractivity (Wildman–Crippen MR) is 120 cm³/mol. The topological polar surface area (TPSA) is 91.8 Å². The number of nitrogens with one attached hydrogen (secondary N) is 1. The normalized spacial score (nSPS) is 17.6. The molecule has 2 heterocycles. The first kappa shape index (κ1) is 23.7. The van der Waals surface area contributed by atoms with Crippen LogP contribution in [0.3, 0.4) is 0 Å². The van der Waals surface area contributed by atoms with Crippen molar-refractivity contribution in [2.75, 3.05) is 46.1 Å². The Bertz CT molecular complexity index is 953. The van der Waals surface area contributed by atoms with Crippen LogP contribution in [0.4, 0.5) is 0 Å². The van der Waals surface area contributed by atoms with Crippen molar-refractivity contribution in [3.63, 3.8) is 0 Å². The number of benzene rings is 1. The highest BCUT2D eigenvalue weighted by atomic mass is 32.2. The number of aromatic nitrogens is 1. The van der Waals surface area contributed by atoms with Crippen molar-refractivity contribution >= 4 is 27.7 Å². The lowest BCUT2D eigenvalue weighted by molar-refractivity contribution is -0.119. The van der Waals surface area contributed by atoms with Crippen molar-refractivity contribution in [1.82, 2.24) is 19.5 Å². The van der Waals surface area contributed by atoms with Crippen LogP contribution >= 0.6 is 11.8 Å². The first-order valence-electron chi connectivity index (χ1n) is 10.0. The molecular formula is C21H28N4O4S2. The molecule has 1 atom stereocenters. The van der Waals surface area contributed by atoms with E-state index < -0.39 is 10.0 Å². The summed E-state index contributed by atoms with van der Waals surface area (Å²) in [6.45, 7) is 3.62. The summed E-state index contributed by atoms with van der Waals surface area (Å²) in [5.74, 6) is 0.0910. The minimum absolute atomic E-state index is 0.0416. The van der Waals surface area contributed by atoms with Gasteiger partial charge in [0.25, 0.3) is 0 Å². The molecule has 1 aliphatic heterocycles. The molecule has 0 saturated carbocycles. The molecule has 0 radical (unpaired) electrons. The molecule has 1 aromatic heterocycles. The summed E-state index contributed by atoms with van der Waals surface area (Å²) in [4.78, 5) is 18.8. The van der Waals surface area contributed by atoms with Gasteiger partial charge in [-0.3, -0.25) is 9.69 Å². The molecule has 0 aliphatic carbocycles. The van der Waals surface area contributed by atoms with Crippen LogP contribution in [0, 0.1) is 0 Å². The maximum atomic E-state index is 12.2. The number of carbonyl (C=O) groups excluding carboxylic acids is 1. The highest BCUT2D eigenvalue weighted by molar-refractivity contribution is 7.99. The van der Waals surface area contributed by atoms with E-state index in [1.54, 1.807) is 6.07 Å². The number of thioether (sulfide) groups is 1. The molecule has 0 bridgehead atoms. The van der Waals surface area contributed by atoms with Crippen molar-refractivity contribution < 1.29 is 17.9 Å². The van der Waals surface area contributed by atoms with Crippen LogP contribution in [0.5, 0.6) is 0 Å². The van der Waals surface area contributed by atoms with Crippen molar-refractivity contribution in [2.24, 2.45) is 0 Å². The maximum Gasteiger partial charge on any atom is 0.244 e. The van der Waals surface area contributed by atoms with Crippen LogP contribution in [0.2, 0.25) is 0 Å². The number of hydrogen-bond acceptors (Lipinski definition) is 7. The zero-order chi connectivity index (χ0) is 22.3. The van der Waals surface area contributed by atoms with Crippen LogP contribution < -0.4 is 5.32 Å². The molecule has 2 aromatic rings. The van der Waals surface area contributed by atoms with Crippen LogP contribution in [-0.4, -0.2) is 80.7 Å². The van der Waals surface area contributed by atoms with Crippen molar-refractivity contribution in [1.29, 1.82) is 0 Å². The fourth-order valence-electron chi connectivity index (χ4n) is 3.12. The quantitative estimate of drug-likeness (QED) is 0.562. The van der Waals surface area contributed by atoms with E-state index in [-0.39, 0.29) is 22.7 Å². The Balaban J connectivity index is 1.41. The molecule has 0 unspecified atom stereocenters. The van der Waals surface area contributed by atoms with Gasteiger partial charge in [-0.15, -0.1) is 0 Å². The molecule has 8 nitrogen and oxygen atoms in total. The third kappa shape index (κ3) is 7.01. The molecule has 1 fully saturated rings. The lowest BCUT2D eigenvalue weighted by Crippen LogP contribution is -2.47. The number of pyridine rings is 1. The summed E-state index contributed by atoms with van der Waals surface area (Å²) in [6.07, 6.45) is 1.27. The SMILES string of the molecule is CN(C)S(=O)(=O)c1ccc(SCC(=O)NC[C@@H]2CN(Cc3ccccc3)CCO2)nc1. The third-order valence-corrected chi connectivity index (χ3v) is 7.58. The van der Waals surface area contributed by atoms with Gasteiger partial charge in [0.05, 0.1) is 23.5 Å². The van der Waals surface area contributed by atoms with Gasteiger partial charge in [-0.1, -0.05) is 42.1 Å². The minimum Gasteiger partial charge on any atom is -0.374 e. The fraction of sp³-hybridized carbons (Fsp3) is 0.429. The van der Waals surface area contributed by atoms with Gasteiger partial charge in [-0.25, -0.2) is 17.7 Å². The number of hydrogen-bond donors (Lipinski definition) is 1. The number of carbonyl (C=O) groups is 1. The monoisotopic (exact) mass is 464 g/mol. The van der Waals surface area contributed by atoms with Gasteiger partial charge in [-0.2, -0.15) is 0 Å². The molecule has 1 saturated heterocycles. The largest absolute Gasteiger partial charge is 0.374 e. The molecule has 1 aliphatic rings. The van der Waals surface area contributed by atoms with Crippen LogP contribution in [0.25, 0.3) is 0 Å². The van der Waals surface area contributed by atoms with Gasteiger partial charge in [-0.05, 0) is 17.7 Å². The average molecular weight is 465 g/mol. The first-order valence-corrected chi connectivity index (χ1v) is 12.4. The Kier molecular flexibility index (Phi) is 8.44. The Labute approximate surface area is 188 Å². The lowest BCUT2D eigenvalue weighted by Gasteiger charge is -2.33. The van der Waals surface area contributed by atoms with Gasteiger partial charge in [0.1, 0.15) is 4.90 Å². The second-order valence-electron chi connectivity index (χ2n) is 7.43. The second kappa shape index (κ2) is 11.1. The number of sulfonamides is 1. The van der Waals surface area contributed by atoms with E-state index in [1.807, 2.05) is 18.2 Å². The van der Waals surface area contributed by atoms with E-state index in [1.165, 1.54) is 43.7 Å². The van der Waals surface area contributed by atoms with E-state index in [2.05, 4.69) is 27.3 Å². The number of ether oxygens (including phenoxy) is 1. The molecular weight excluding hydrogens is 436 g/mol. The highest BCUT2D eigenvalue weighted by Crippen LogP contribution is 2.18. The highest BCUT2D eigenvalue weighted by Gasteiger charge is 2.21. The Morgan fingerprint density at radius 3 is 2.71 bits per heavy atom. The Morgan fingerprint density at radius 2 is 2.03 bits per heavy atom. The third-order valence-electron chi connectivity index (χ3n) is 4.84. The number of rotatable bonds is 9. The van der Waals surface area contributed by atoms with Crippen LogP contribution in [-0.2, 0) is 26.1 Å². The smallest absolute Gasteiger partial charge is 0.244 e. The molecule has 1 N–H and O–H groups in total. The van der Waals surface area contributed by atoms with Crippen molar-refractivity contribution in [3.8, 4) is 0 Å². The molecule has 31 heavy (non-hydrogen) atoms. The van der Waals surface area contributed by atoms with Gasteiger partial charge >= 0.3 is 0 Å². The molecule has 1 aromatic carbocycles. The van der Waals surface area contributed by atoms with Gasteiger partial charge in [0, 0.05) is 46.5 Å². The minimum atomic E-state index is -3.51. The number of nitrogens with zero attached hydrogens (tertiary/aromatic N) is 3. The molecule has 1 amide bonds. The lowest BCUT2D eigenvalue weighted by atomic mass is 10.2. The van der Waals surface area contributed by atoms with E-state index in [0.717, 1.165) is 23.9 Å². The van der Waals surface area contributed by atoms with Crippen molar-refractivity contribution in [3.05, 3.63) is 54.2 Å². The summed E-state index contributed by atoms with van der Waals surface area (Å²) in [5, 5.41) is 3.51. The summed E-state index contributed by atoms with van der Waals surface area (Å²) in [6, 6.07) is 13.4. The zero-order valence-corrected chi connectivity index (χ0v) is 19.4. The molecule has 0 spiro atoms. The predicted octanol–water partition coefficient (Wildman–Crippen LogP) is 1.44. The second-order valence-corrected chi connectivity index (χ2v) is 10.6. The van der Waals surface area contributed by atoms with Gasteiger partial charge in [0.2, 0.25) is 15.9 Å². The average Bonchev–Trinajstić information content (AvgIpc) is 2.77. The molecule has 3 rings (SSSR count). The Morgan fingerprint density at radius 1 is 1.26 bits per heavy atom. The van der Waals surface area contributed by atoms with Crippen LogP contribution in [0.1, 0.15) is 5.56 Å². The van der Waals surface area contributed by atoms with E-state index in [4.69, 9.17) is 4.74 Å². The number of morpholine rings is 1. The summed E-state index contributed by atoms with van der Waals surface area (Å²) in [5.41, 5.74) is 1.26. The molecule has 168 valence electrons. The van der Waals surface area contributed by atoms with Gasteiger partial charge in [0.15, 0.2) is 0 Å². The fourth-order valence-corrected chi connectivity index (χ4v) is 4.64. The summed E-state index contributed by atoms with van der Waals surface area (Å²) < 4.78 is 31.1. The first-order chi connectivity index (χ1) is 14.8. The maximum absolute atomic E-state index is 12.2. The standard InChI is InChI=1S/C21H28N4O4S2/c1-24(2)31(27,28)19-8-9-21(23-13-19)30-16-20(26)22-12-18-15-25(10-11-29-18)14-17-6-4-3-5-7-17/h3-9,13,18H,10-12,14-16H2,1-2H3,(H,22,26)/t18-/m1/s1. The summed E-state index contributed by atoms with van der Waals surface area (Å²) >= 11 is 1.26. The Hall–Kier alpha value is -1.98. The van der Waals surface area contributed by atoms with E-state index >= 15 is 0 Å².